The molecule has 2 aromatic heterocycles. The van der Waals surface area contributed by atoms with E-state index in [-0.39, 0.29) is 23.6 Å². The Kier molecular flexibility index (Phi) is 3.90. The van der Waals surface area contributed by atoms with Crippen molar-refractivity contribution in [2.24, 2.45) is 7.05 Å². The van der Waals surface area contributed by atoms with Gasteiger partial charge in [-0.15, -0.1) is 0 Å². The van der Waals surface area contributed by atoms with Gasteiger partial charge in [0.15, 0.2) is 0 Å². The van der Waals surface area contributed by atoms with Crippen molar-refractivity contribution in [1.29, 1.82) is 0 Å². The molecule has 1 fully saturated rings. The number of anilines is 1. The minimum atomic E-state index is -4.51. The van der Waals surface area contributed by atoms with E-state index in [2.05, 4.69) is 20.4 Å². The predicted octanol–water partition coefficient (Wildman–Crippen LogP) is 1.16. The van der Waals surface area contributed by atoms with E-state index in [0.29, 0.717) is 18.8 Å². The molecular formula is C14H15F3N6O. The Morgan fingerprint density at radius 2 is 2.04 bits per heavy atom. The third kappa shape index (κ3) is 3.31. The number of amides is 1. The van der Waals surface area contributed by atoms with E-state index >= 15 is 0 Å². The number of carbonyl (C=O) groups is 1. The van der Waals surface area contributed by atoms with Crippen LogP contribution in [0.15, 0.2) is 18.3 Å². The largest absolute Gasteiger partial charge is 0.433 e. The monoisotopic (exact) mass is 340 g/mol. The van der Waals surface area contributed by atoms with Gasteiger partial charge in [0.25, 0.3) is 5.91 Å². The summed E-state index contributed by atoms with van der Waals surface area (Å²) in [6, 6.07) is 2.35. The molecule has 3 heterocycles. The Morgan fingerprint density at radius 3 is 2.62 bits per heavy atom. The second kappa shape index (κ2) is 5.77. The van der Waals surface area contributed by atoms with Crippen LogP contribution in [0.5, 0.6) is 0 Å². The number of alkyl halides is 3. The topological polar surface area (TPSA) is 75.9 Å². The predicted molar refractivity (Wildman–Crippen MR) is 78.4 cm³/mol. The van der Waals surface area contributed by atoms with Crippen LogP contribution in [0.1, 0.15) is 22.0 Å². The summed E-state index contributed by atoms with van der Waals surface area (Å²) in [6.07, 6.45) is -2.86. The summed E-state index contributed by atoms with van der Waals surface area (Å²) in [4.78, 5) is 21.1. The minimum absolute atomic E-state index is 0.0563. The van der Waals surface area contributed by atoms with Crippen LogP contribution in [0, 0.1) is 6.92 Å². The van der Waals surface area contributed by atoms with E-state index in [1.165, 1.54) is 11.6 Å². The van der Waals surface area contributed by atoms with Crippen molar-refractivity contribution in [2.75, 3.05) is 18.0 Å². The van der Waals surface area contributed by atoms with Gasteiger partial charge < -0.3 is 10.2 Å². The fourth-order valence-electron chi connectivity index (χ4n) is 2.41. The van der Waals surface area contributed by atoms with Gasteiger partial charge in [0.2, 0.25) is 0 Å². The van der Waals surface area contributed by atoms with Crippen LogP contribution in [0.25, 0.3) is 0 Å². The Balaban J connectivity index is 1.62. The van der Waals surface area contributed by atoms with Crippen molar-refractivity contribution in [1.82, 2.24) is 25.1 Å². The van der Waals surface area contributed by atoms with Gasteiger partial charge in [-0.2, -0.15) is 18.3 Å². The summed E-state index contributed by atoms with van der Waals surface area (Å²) in [5.41, 5.74) is -0.667. The van der Waals surface area contributed by atoms with Gasteiger partial charge in [-0.25, -0.2) is 9.97 Å². The van der Waals surface area contributed by atoms with Crippen LogP contribution in [0.4, 0.5) is 19.0 Å². The van der Waals surface area contributed by atoms with Gasteiger partial charge in [-0.3, -0.25) is 9.48 Å². The average Bonchev–Trinajstić information content (AvgIpc) is 2.87. The molecule has 0 spiro atoms. The zero-order valence-electron chi connectivity index (χ0n) is 13.0. The van der Waals surface area contributed by atoms with E-state index in [1.807, 2.05) is 0 Å². The standard InChI is InChI=1S/C14H15F3N6O/c1-8-18-11(14(15,16)17)5-12(19-8)23-6-9(7-23)20-13(24)10-3-4-22(2)21-10/h3-5,9H,6-7H2,1-2H3,(H,20,24). The number of halogens is 3. The molecule has 0 unspecified atom stereocenters. The number of carbonyl (C=O) groups excluding carboxylic acids is 1. The Labute approximate surface area is 135 Å². The lowest BCUT2D eigenvalue weighted by Crippen LogP contribution is -2.59. The molecule has 0 aromatic carbocycles. The van der Waals surface area contributed by atoms with Gasteiger partial charge >= 0.3 is 6.18 Å². The quantitative estimate of drug-likeness (QED) is 0.907. The highest BCUT2D eigenvalue weighted by molar-refractivity contribution is 5.92. The number of aryl methyl sites for hydroxylation is 2. The number of aromatic nitrogens is 4. The number of nitrogens with one attached hydrogen (secondary N) is 1. The van der Waals surface area contributed by atoms with Gasteiger partial charge in [-0.05, 0) is 13.0 Å². The molecule has 0 bridgehead atoms. The highest BCUT2D eigenvalue weighted by Gasteiger charge is 2.36. The van der Waals surface area contributed by atoms with E-state index in [1.54, 1.807) is 24.2 Å². The fourth-order valence-corrected chi connectivity index (χ4v) is 2.41. The van der Waals surface area contributed by atoms with Crippen LogP contribution in [0.3, 0.4) is 0 Å². The summed E-state index contributed by atoms with van der Waals surface area (Å²) in [7, 11) is 1.71. The summed E-state index contributed by atoms with van der Waals surface area (Å²) in [5, 5.41) is 6.78. The lowest BCUT2D eigenvalue weighted by Gasteiger charge is -2.40. The van der Waals surface area contributed by atoms with Crippen molar-refractivity contribution < 1.29 is 18.0 Å². The van der Waals surface area contributed by atoms with E-state index in [9.17, 15) is 18.0 Å². The Hall–Kier alpha value is -2.65. The summed E-state index contributed by atoms with van der Waals surface area (Å²) in [5.74, 6) is -0.0472. The molecule has 10 heteroatoms. The van der Waals surface area contributed by atoms with Gasteiger partial charge in [-0.1, -0.05) is 0 Å². The molecule has 24 heavy (non-hydrogen) atoms. The minimum Gasteiger partial charge on any atom is -0.352 e. The van der Waals surface area contributed by atoms with Crippen LogP contribution in [-0.4, -0.2) is 44.8 Å². The first-order chi connectivity index (χ1) is 11.2. The third-order valence-corrected chi connectivity index (χ3v) is 3.60. The molecule has 0 saturated carbocycles. The molecule has 1 N–H and O–H groups in total. The lowest BCUT2D eigenvalue weighted by atomic mass is 10.1. The molecule has 128 valence electrons. The molecule has 3 rings (SSSR count). The second-order valence-corrected chi connectivity index (χ2v) is 5.61. The normalized spacial score (nSPS) is 15.3. The van der Waals surface area contributed by atoms with Crippen LogP contribution < -0.4 is 10.2 Å². The van der Waals surface area contributed by atoms with Gasteiger partial charge in [0.05, 0.1) is 6.04 Å². The van der Waals surface area contributed by atoms with Gasteiger partial charge in [0, 0.05) is 32.4 Å². The maximum atomic E-state index is 12.8. The molecule has 1 aliphatic heterocycles. The Morgan fingerprint density at radius 1 is 1.33 bits per heavy atom. The second-order valence-electron chi connectivity index (χ2n) is 5.61. The van der Waals surface area contributed by atoms with Crippen molar-refractivity contribution in [3.8, 4) is 0 Å². The molecule has 7 nitrogen and oxygen atoms in total. The molecular weight excluding hydrogens is 325 g/mol. The average molecular weight is 340 g/mol. The zero-order chi connectivity index (χ0) is 17.5. The molecule has 0 aliphatic carbocycles. The highest BCUT2D eigenvalue weighted by Crippen LogP contribution is 2.30. The molecule has 1 saturated heterocycles. The zero-order valence-corrected chi connectivity index (χ0v) is 13.0. The van der Waals surface area contributed by atoms with E-state index < -0.39 is 11.9 Å². The van der Waals surface area contributed by atoms with Crippen LogP contribution in [-0.2, 0) is 13.2 Å². The van der Waals surface area contributed by atoms with Crippen molar-refractivity contribution in [2.45, 2.75) is 19.1 Å². The van der Waals surface area contributed by atoms with E-state index in [4.69, 9.17) is 0 Å². The fraction of sp³-hybridized carbons (Fsp3) is 0.429. The maximum Gasteiger partial charge on any atom is 0.433 e. The molecule has 2 aromatic rings. The SMILES string of the molecule is Cc1nc(N2CC(NC(=O)c3ccn(C)n3)C2)cc(C(F)(F)F)n1. The third-order valence-electron chi connectivity index (χ3n) is 3.60. The number of nitrogens with zero attached hydrogens (tertiary/aromatic N) is 5. The van der Waals surface area contributed by atoms with Crippen molar-refractivity contribution in [3.05, 3.63) is 35.5 Å². The van der Waals surface area contributed by atoms with Crippen molar-refractivity contribution >= 4 is 11.7 Å². The number of rotatable bonds is 3. The smallest absolute Gasteiger partial charge is 0.352 e. The summed E-state index contributed by atoms with van der Waals surface area (Å²) >= 11 is 0. The first-order valence-electron chi connectivity index (χ1n) is 7.21. The van der Waals surface area contributed by atoms with Crippen LogP contribution in [0.2, 0.25) is 0 Å². The highest BCUT2D eigenvalue weighted by atomic mass is 19.4. The first-order valence-corrected chi connectivity index (χ1v) is 7.21. The molecule has 1 amide bonds. The van der Waals surface area contributed by atoms with Crippen molar-refractivity contribution in [3.63, 3.8) is 0 Å². The molecule has 1 aliphatic rings. The maximum absolute atomic E-state index is 12.8. The first kappa shape index (κ1) is 16.2. The molecule has 0 radical (unpaired) electrons. The number of hydrogen-bond donors (Lipinski definition) is 1. The molecule has 0 atom stereocenters. The van der Waals surface area contributed by atoms with Crippen LogP contribution >= 0.6 is 0 Å². The lowest BCUT2D eigenvalue weighted by molar-refractivity contribution is -0.141. The Bertz CT molecular complexity index is 766. The summed E-state index contributed by atoms with van der Waals surface area (Å²) in [6.45, 7) is 2.18. The van der Waals surface area contributed by atoms with E-state index in [0.717, 1.165) is 6.07 Å². The summed E-state index contributed by atoms with van der Waals surface area (Å²) < 4.78 is 39.9. The number of hydrogen-bond acceptors (Lipinski definition) is 5. The van der Waals surface area contributed by atoms with Gasteiger partial charge in [0.1, 0.15) is 23.0 Å².